The van der Waals surface area contributed by atoms with Crippen LogP contribution in [0.4, 0.5) is 0 Å². The van der Waals surface area contributed by atoms with Crippen molar-refractivity contribution in [2.24, 2.45) is 7.05 Å². The van der Waals surface area contributed by atoms with Gasteiger partial charge in [0.2, 0.25) is 0 Å². The van der Waals surface area contributed by atoms with E-state index in [1.807, 2.05) is 36.0 Å². The minimum Gasteiger partial charge on any atom is -0.506 e. The second kappa shape index (κ2) is 4.49. The number of carboxylic acids is 1. The summed E-state index contributed by atoms with van der Waals surface area (Å²) in [5.41, 5.74) is 2.68. The number of pyridine rings is 1. The summed E-state index contributed by atoms with van der Waals surface area (Å²) < 4.78 is 2.03. The average molecular weight is 310 g/mol. The van der Waals surface area contributed by atoms with Gasteiger partial charge in [-0.3, -0.25) is 4.79 Å². The third kappa shape index (κ3) is 1.75. The molecule has 0 unspecified atom stereocenters. The van der Waals surface area contributed by atoms with Gasteiger partial charge in [-0.15, -0.1) is 0 Å². The number of carboxylic acid groups (broad SMARTS) is 1. The fourth-order valence-corrected chi connectivity index (χ4v) is 3.47. The van der Waals surface area contributed by atoms with Crippen molar-refractivity contribution < 1.29 is 15.0 Å². The maximum Gasteiger partial charge on any atom is 0.345 e. The maximum atomic E-state index is 12.0. The Bertz CT molecular complexity index is 1040. The molecule has 3 aromatic rings. The third-order valence-electron chi connectivity index (χ3n) is 4.58. The molecule has 1 aliphatic rings. The summed E-state index contributed by atoms with van der Waals surface area (Å²) >= 11 is 0. The number of aryl methyl sites for hydroxylation is 2. The fourth-order valence-electron chi connectivity index (χ4n) is 3.47. The van der Waals surface area contributed by atoms with E-state index < -0.39 is 22.8 Å². The summed E-state index contributed by atoms with van der Waals surface area (Å²) in [6.45, 7) is 0. The molecular formula is C17H14N2O4. The Hall–Kier alpha value is -3.02. The number of aromatic amines is 1. The Labute approximate surface area is 130 Å². The van der Waals surface area contributed by atoms with Crippen LogP contribution in [0.5, 0.6) is 5.75 Å². The smallest absolute Gasteiger partial charge is 0.345 e. The van der Waals surface area contributed by atoms with E-state index in [0.717, 1.165) is 22.0 Å². The molecule has 6 nitrogen and oxygen atoms in total. The molecule has 2 aromatic heterocycles. The van der Waals surface area contributed by atoms with E-state index in [4.69, 9.17) is 5.11 Å². The number of aromatic hydroxyl groups is 1. The first-order chi connectivity index (χ1) is 11.0. The van der Waals surface area contributed by atoms with E-state index in [1.54, 1.807) is 0 Å². The minimum absolute atomic E-state index is 0.421. The molecule has 0 radical (unpaired) electrons. The summed E-state index contributed by atoms with van der Waals surface area (Å²) in [5, 5.41) is 20.4. The number of fused-ring (bicyclic) bond motifs is 5. The van der Waals surface area contributed by atoms with Crippen molar-refractivity contribution in [2.75, 3.05) is 0 Å². The van der Waals surface area contributed by atoms with Gasteiger partial charge < -0.3 is 19.8 Å². The van der Waals surface area contributed by atoms with Crippen LogP contribution in [0.3, 0.4) is 0 Å². The number of aromatic carboxylic acids is 1. The molecule has 1 aliphatic carbocycles. The molecule has 3 N–H and O–H groups in total. The summed E-state index contributed by atoms with van der Waals surface area (Å²) in [7, 11) is 1.97. The van der Waals surface area contributed by atoms with Gasteiger partial charge in [0.15, 0.2) is 5.56 Å². The molecule has 0 bridgehead atoms. The highest BCUT2D eigenvalue weighted by molar-refractivity contribution is 5.95. The van der Waals surface area contributed by atoms with Gasteiger partial charge in [0.1, 0.15) is 5.75 Å². The van der Waals surface area contributed by atoms with Gasteiger partial charge in [-0.2, -0.15) is 0 Å². The second-order valence-electron chi connectivity index (χ2n) is 5.79. The number of carbonyl (C=O) groups is 1. The summed E-state index contributed by atoms with van der Waals surface area (Å²) in [6, 6.07) is 5.90. The Morgan fingerprint density at radius 3 is 2.70 bits per heavy atom. The van der Waals surface area contributed by atoms with Crippen LogP contribution in [-0.4, -0.2) is 25.7 Å². The van der Waals surface area contributed by atoms with Crippen LogP contribution in [-0.2, 0) is 19.9 Å². The number of nitrogens with zero attached hydrogens (tertiary/aromatic N) is 1. The summed E-state index contributed by atoms with van der Waals surface area (Å²) in [5.74, 6) is -1.84. The van der Waals surface area contributed by atoms with Crippen LogP contribution in [0, 0.1) is 0 Å². The number of benzene rings is 1. The van der Waals surface area contributed by atoms with Gasteiger partial charge in [0, 0.05) is 35.3 Å². The van der Waals surface area contributed by atoms with Gasteiger partial charge in [-0.1, -0.05) is 6.07 Å². The molecule has 2 heterocycles. The van der Waals surface area contributed by atoms with E-state index in [9.17, 15) is 14.7 Å². The molecule has 4 rings (SSSR count). The first-order valence-corrected chi connectivity index (χ1v) is 7.27. The minimum atomic E-state index is -1.42. The zero-order chi connectivity index (χ0) is 16.3. The molecule has 23 heavy (non-hydrogen) atoms. The molecule has 0 spiro atoms. The van der Waals surface area contributed by atoms with Crippen LogP contribution in [0.2, 0.25) is 0 Å². The lowest BCUT2D eigenvalue weighted by molar-refractivity contribution is 0.0691. The van der Waals surface area contributed by atoms with E-state index in [1.165, 1.54) is 0 Å². The highest BCUT2D eigenvalue weighted by Gasteiger charge is 2.27. The third-order valence-corrected chi connectivity index (χ3v) is 4.58. The predicted molar refractivity (Wildman–Crippen MR) is 85.0 cm³/mol. The SMILES string of the molecule is Cn1ccc2c3c(ccc21)-c1[nH]c(=O)c(C(=O)O)c(O)c1CC3. The first-order valence-electron chi connectivity index (χ1n) is 7.27. The summed E-state index contributed by atoms with van der Waals surface area (Å²) in [6.07, 6.45) is 3.15. The number of rotatable bonds is 1. The molecule has 1 aromatic carbocycles. The number of hydrogen-bond donors (Lipinski definition) is 3. The van der Waals surface area contributed by atoms with E-state index in [0.29, 0.717) is 24.1 Å². The van der Waals surface area contributed by atoms with Gasteiger partial charge in [0.05, 0.1) is 5.69 Å². The van der Waals surface area contributed by atoms with Crippen molar-refractivity contribution in [3.63, 3.8) is 0 Å². The molecule has 6 heteroatoms. The quantitative estimate of drug-likeness (QED) is 0.641. The largest absolute Gasteiger partial charge is 0.506 e. The molecule has 0 saturated carbocycles. The van der Waals surface area contributed by atoms with Crippen molar-refractivity contribution >= 4 is 16.9 Å². The van der Waals surface area contributed by atoms with E-state index >= 15 is 0 Å². The number of hydrogen-bond acceptors (Lipinski definition) is 3. The van der Waals surface area contributed by atoms with Gasteiger partial charge >= 0.3 is 5.97 Å². The molecule has 116 valence electrons. The van der Waals surface area contributed by atoms with Crippen molar-refractivity contribution in [3.8, 4) is 17.0 Å². The normalized spacial score (nSPS) is 12.9. The van der Waals surface area contributed by atoms with Gasteiger partial charge in [-0.05, 0) is 30.5 Å². The average Bonchev–Trinajstić information content (AvgIpc) is 2.88. The Morgan fingerprint density at radius 1 is 1.22 bits per heavy atom. The summed E-state index contributed by atoms with van der Waals surface area (Å²) in [4.78, 5) is 25.8. The van der Waals surface area contributed by atoms with Crippen LogP contribution in [0.15, 0.2) is 29.2 Å². The zero-order valence-corrected chi connectivity index (χ0v) is 12.4. The van der Waals surface area contributed by atoms with Crippen molar-refractivity contribution in [1.82, 2.24) is 9.55 Å². The van der Waals surface area contributed by atoms with Gasteiger partial charge in [0.25, 0.3) is 5.56 Å². The highest BCUT2D eigenvalue weighted by Crippen LogP contribution is 2.39. The van der Waals surface area contributed by atoms with Crippen LogP contribution in [0.1, 0.15) is 21.5 Å². The molecule has 0 atom stereocenters. The van der Waals surface area contributed by atoms with Crippen LogP contribution < -0.4 is 5.56 Å². The van der Waals surface area contributed by atoms with E-state index in [-0.39, 0.29) is 0 Å². The lowest BCUT2D eigenvalue weighted by atomic mass is 9.86. The number of nitrogens with one attached hydrogen (secondary N) is 1. The molecule has 0 saturated heterocycles. The maximum absolute atomic E-state index is 12.0. The molecular weight excluding hydrogens is 296 g/mol. The highest BCUT2D eigenvalue weighted by atomic mass is 16.4. The second-order valence-corrected chi connectivity index (χ2v) is 5.79. The fraction of sp³-hybridized carbons (Fsp3) is 0.176. The zero-order valence-electron chi connectivity index (χ0n) is 12.4. The molecule has 0 aliphatic heterocycles. The van der Waals surface area contributed by atoms with E-state index in [2.05, 4.69) is 4.98 Å². The van der Waals surface area contributed by atoms with Gasteiger partial charge in [-0.25, -0.2) is 4.79 Å². The molecule has 0 fully saturated rings. The number of H-pyrrole nitrogens is 1. The van der Waals surface area contributed by atoms with Crippen molar-refractivity contribution in [1.29, 1.82) is 0 Å². The first kappa shape index (κ1) is 13.6. The monoisotopic (exact) mass is 310 g/mol. The molecule has 0 amide bonds. The lowest BCUT2D eigenvalue weighted by Crippen LogP contribution is -2.22. The van der Waals surface area contributed by atoms with Crippen LogP contribution in [0.25, 0.3) is 22.2 Å². The Balaban J connectivity index is 2.06. The number of aromatic nitrogens is 2. The standard InChI is InChI=1S/C17H14N2O4/c1-19-7-6-9-8-2-3-11-14(10(8)4-5-12(9)19)18-16(21)13(15(11)20)17(22)23/h4-7H,2-3H2,1H3,(H,22,23)(H2,18,20,21). The van der Waals surface area contributed by atoms with Crippen LogP contribution >= 0.6 is 0 Å². The Kier molecular flexibility index (Phi) is 2.66. The Morgan fingerprint density at radius 2 is 1.96 bits per heavy atom. The van der Waals surface area contributed by atoms with Crippen molar-refractivity contribution in [2.45, 2.75) is 12.8 Å². The van der Waals surface area contributed by atoms with Crippen molar-refractivity contribution in [3.05, 3.63) is 51.4 Å². The predicted octanol–water partition coefficient (Wildman–Crippen LogP) is 2.04. The topological polar surface area (TPSA) is 95.3 Å². The lowest BCUT2D eigenvalue weighted by Gasteiger charge is -2.22.